The number of hydrogen-bond donors (Lipinski definition) is 0. The van der Waals surface area contributed by atoms with Crippen LogP contribution in [-0.2, 0) is 39.5 Å². The molecule has 218 valence electrons. The Hall–Kier alpha value is -1.57. The van der Waals surface area contributed by atoms with Crippen LogP contribution in [0.15, 0.2) is 30.3 Å². The summed E-state index contributed by atoms with van der Waals surface area (Å²) in [5.74, 6) is 5.70. The Kier molecular flexibility index (Phi) is 11.4. The summed E-state index contributed by atoms with van der Waals surface area (Å²) >= 11 is 0. The van der Waals surface area contributed by atoms with Crippen LogP contribution >= 0.6 is 0 Å². The van der Waals surface area contributed by atoms with Crippen LogP contribution < -0.4 is 0 Å². The summed E-state index contributed by atoms with van der Waals surface area (Å²) < 4.78 is 36.6. The van der Waals surface area contributed by atoms with Crippen molar-refractivity contribution in [3.05, 3.63) is 35.9 Å². The Labute approximate surface area is 236 Å². The molecule has 0 spiro atoms. The summed E-state index contributed by atoms with van der Waals surface area (Å²) in [6.07, 6.45) is 1.44. The number of hydrogen-bond acceptors (Lipinski definition) is 7. The van der Waals surface area contributed by atoms with Gasteiger partial charge in [0.15, 0.2) is 13.9 Å². The molecule has 3 rings (SSSR count). The molecular formula is C31H48O7Si. The van der Waals surface area contributed by atoms with Gasteiger partial charge in [0, 0.05) is 33.7 Å². The zero-order valence-electron chi connectivity index (χ0n) is 25.1. The number of rotatable bonds is 10. The van der Waals surface area contributed by atoms with Crippen LogP contribution in [0.2, 0.25) is 18.1 Å². The van der Waals surface area contributed by atoms with Gasteiger partial charge in [0.1, 0.15) is 6.10 Å². The molecule has 0 saturated carbocycles. The molecule has 0 N–H and O–H groups in total. The second kappa shape index (κ2) is 13.9. The molecule has 1 aromatic carbocycles. The third kappa shape index (κ3) is 8.23. The van der Waals surface area contributed by atoms with E-state index >= 15 is 0 Å². The quantitative estimate of drug-likeness (QED) is 0.218. The monoisotopic (exact) mass is 560 g/mol. The molecule has 2 saturated heterocycles. The first-order chi connectivity index (χ1) is 18.4. The van der Waals surface area contributed by atoms with E-state index in [1.165, 1.54) is 0 Å². The summed E-state index contributed by atoms with van der Waals surface area (Å²) in [5.41, 5.74) is -0.115. The van der Waals surface area contributed by atoms with E-state index in [2.05, 4.69) is 57.8 Å². The van der Waals surface area contributed by atoms with E-state index in [0.29, 0.717) is 32.7 Å². The Balaban J connectivity index is 1.75. The highest BCUT2D eigenvalue weighted by Crippen LogP contribution is 2.42. The predicted molar refractivity (Wildman–Crippen MR) is 154 cm³/mol. The van der Waals surface area contributed by atoms with Crippen LogP contribution in [0.1, 0.15) is 58.9 Å². The third-order valence-corrected chi connectivity index (χ3v) is 12.9. The van der Waals surface area contributed by atoms with E-state index in [0.717, 1.165) is 18.4 Å². The largest absolute Gasteiger partial charge is 0.410 e. The van der Waals surface area contributed by atoms with Crippen molar-refractivity contribution in [1.29, 1.82) is 0 Å². The number of carbonyl (C=O) groups is 1. The zero-order valence-corrected chi connectivity index (χ0v) is 26.1. The fourth-order valence-electron chi connectivity index (χ4n) is 4.83. The lowest BCUT2D eigenvalue weighted by molar-refractivity contribution is -0.223. The average molecular weight is 561 g/mol. The van der Waals surface area contributed by atoms with Crippen molar-refractivity contribution >= 4 is 14.1 Å². The topological polar surface area (TPSA) is 72.5 Å². The fraction of sp³-hybridized carbons (Fsp3) is 0.710. The van der Waals surface area contributed by atoms with Gasteiger partial charge in [-0.05, 0) is 49.4 Å². The highest BCUT2D eigenvalue weighted by molar-refractivity contribution is 6.74. The minimum Gasteiger partial charge on any atom is -0.410 e. The average Bonchev–Trinajstić information content (AvgIpc) is 2.89. The standard InChI is InChI=1S/C31H48O7Si/c1-30(2,3)39(7,8)38-29-20-26(34-6)27(22-33-5)37-31(29,4)28(32)18-12-16-24-25(17-13-19-35-24)36-21-23-14-10-9-11-15-23/h9-11,14-15,24-27,29H,13,16-17,19-22H2,1-8H3/t24-,25+,26+,27-,29-,31+/m1/s1. The Morgan fingerprint density at radius 2 is 1.85 bits per heavy atom. The normalized spacial score (nSPS) is 29.9. The van der Waals surface area contributed by atoms with Gasteiger partial charge in [-0.1, -0.05) is 57.0 Å². The molecule has 0 unspecified atom stereocenters. The van der Waals surface area contributed by atoms with Crippen molar-refractivity contribution in [3.63, 3.8) is 0 Å². The minimum absolute atomic E-state index is 0.0261. The van der Waals surface area contributed by atoms with Gasteiger partial charge in [-0.3, -0.25) is 4.79 Å². The molecular weight excluding hydrogens is 512 g/mol. The molecule has 0 radical (unpaired) electrons. The zero-order chi connectivity index (χ0) is 28.7. The lowest BCUT2D eigenvalue weighted by Gasteiger charge is -2.49. The van der Waals surface area contributed by atoms with Gasteiger partial charge in [0.2, 0.25) is 5.78 Å². The van der Waals surface area contributed by atoms with Crippen LogP contribution in [0.4, 0.5) is 0 Å². The van der Waals surface area contributed by atoms with Crippen molar-refractivity contribution in [2.45, 2.75) is 114 Å². The minimum atomic E-state index is -2.22. The van der Waals surface area contributed by atoms with Gasteiger partial charge in [-0.2, -0.15) is 0 Å². The van der Waals surface area contributed by atoms with Gasteiger partial charge in [0.25, 0.3) is 0 Å². The van der Waals surface area contributed by atoms with E-state index < -0.39 is 26.1 Å². The number of methoxy groups -OCH3 is 2. The molecule has 0 amide bonds. The molecule has 6 atom stereocenters. The first-order valence-corrected chi connectivity index (χ1v) is 17.0. The summed E-state index contributed by atoms with van der Waals surface area (Å²) in [7, 11) is 1.06. The lowest BCUT2D eigenvalue weighted by Crippen LogP contribution is -2.63. The first kappa shape index (κ1) is 31.9. The van der Waals surface area contributed by atoms with Crippen molar-refractivity contribution < 1.29 is 32.9 Å². The van der Waals surface area contributed by atoms with Gasteiger partial charge in [-0.15, -0.1) is 0 Å². The summed E-state index contributed by atoms with van der Waals surface area (Å²) in [5, 5.41) is -0.0261. The van der Waals surface area contributed by atoms with Crippen molar-refractivity contribution in [3.8, 4) is 11.8 Å². The summed E-state index contributed by atoms with van der Waals surface area (Å²) in [4.78, 5) is 13.7. The third-order valence-electron chi connectivity index (χ3n) is 8.39. The molecule has 0 aliphatic carbocycles. The molecule has 0 bridgehead atoms. The Morgan fingerprint density at radius 3 is 2.49 bits per heavy atom. The van der Waals surface area contributed by atoms with E-state index in [1.54, 1.807) is 21.1 Å². The van der Waals surface area contributed by atoms with Crippen molar-refractivity contribution in [1.82, 2.24) is 0 Å². The van der Waals surface area contributed by atoms with Gasteiger partial charge >= 0.3 is 0 Å². The van der Waals surface area contributed by atoms with Crippen LogP contribution in [0.3, 0.4) is 0 Å². The fourth-order valence-corrected chi connectivity index (χ4v) is 6.21. The van der Waals surface area contributed by atoms with E-state index in [9.17, 15) is 4.79 Å². The summed E-state index contributed by atoms with van der Waals surface area (Å²) in [6, 6.07) is 10.1. The molecule has 39 heavy (non-hydrogen) atoms. The molecule has 1 aromatic rings. The Bertz CT molecular complexity index is 980. The molecule has 8 heteroatoms. The number of ether oxygens (including phenoxy) is 5. The van der Waals surface area contributed by atoms with Gasteiger partial charge < -0.3 is 28.1 Å². The smallest absolute Gasteiger partial charge is 0.239 e. The van der Waals surface area contributed by atoms with Gasteiger partial charge in [-0.25, -0.2) is 0 Å². The highest BCUT2D eigenvalue weighted by atomic mass is 28.4. The predicted octanol–water partition coefficient (Wildman–Crippen LogP) is 5.31. The van der Waals surface area contributed by atoms with Crippen LogP contribution in [0, 0.1) is 11.8 Å². The number of ketones is 1. The van der Waals surface area contributed by atoms with Crippen LogP contribution in [0.25, 0.3) is 0 Å². The van der Waals surface area contributed by atoms with Crippen LogP contribution in [-0.4, -0.2) is 77.7 Å². The second-order valence-electron chi connectivity index (χ2n) is 12.3. The number of carbonyl (C=O) groups excluding carboxylic acids is 1. The molecule has 0 aromatic heterocycles. The second-order valence-corrected chi connectivity index (χ2v) is 17.1. The van der Waals surface area contributed by atoms with Crippen LogP contribution in [0.5, 0.6) is 0 Å². The van der Waals surface area contributed by atoms with E-state index in [1.807, 2.05) is 18.2 Å². The van der Waals surface area contributed by atoms with Gasteiger partial charge in [0.05, 0.1) is 37.6 Å². The van der Waals surface area contributed by atoms with Crippen molar-refractivity contribution in [2.75, 3.05) is 27.4 Å². The lowest BCUT2D eigenvalue weighted by atomic mass is 9.85. The molecule has 2 heterocycles. The maximum atomic E-state index is 13.7. The first-order valence-electron chi connectivity index (χ1n) is 14.1. The SMILES string of the molecule is COC[C@H]1O[C@@](C)(C(=O)C#CC[C@H]2OCCC[C@@H]2OCc2ccccc2)[C@H](O[Si](C)(C)C(C)(C)C)C[C@@H]1OC. The molecule has 2 fully saturated rings. The number of benzene rings is 1. The maximum absolute atomic E-state index is 13.7. The van der Waals surface area contributed by atoms with E-state index in [4.69, 9.17) is 28.1 Å². The number of Topliss-reactive ketones (excluding diaryl/α,β-unsaturated/α-hetero) is 1. The molecule has 2 aliphatic heterocycles. The van der Waals surface area contributed by atoms with Crippen molar-refractivity contribution in [2.24, 2.45) is 0 Å². The summed E-state index contributed by atoms with van der Waals surface area (Å²) in [6.45, 7) is 14.2. The maximum Gasteiger partial charge on any atom is 0.239 e. The molecule has 2 aliphatic rings. The highest BCUT2D eigenvalue weighted by Gasteiger charge is 2.54. The Morgan fingerprint density at radius 1 is 1.13 bits per heavy atom. The molecule has 7 nitrogen and oxygen atoms in total. The van der Waals surface area contributed by atoms with E-state index in [-0.39, 0.29) is 29.1 Å².